The summed E-state index contributed by atoms with van der Waals surface area (Å²) in [7, 11) is -2.79. The Labute approximate surface area is 394 Å². The van der Waals surface area contributed by atoms with E-state index >= 15 is 0 Å². The van der Waals surface area contributed by atoms with Gasteiger partial charge in [0, 0.05) is 33.5 Å². The number of benzene rings is 10. The van der Waals surface area contributed by atoms with E-state index in [4.69, 9.17) is 0 Å². The first-order valence-corrected chi connectivity index (χ1v) is 29.6. The van der Waals surface area contributed by atoms with E-state index in [1.165, 1.54) is 110 Å². The minimum atomic E-state index is -1.73. The standard InChI is InChI=1S/C62H60N2SSi/c1-41-35-57(63(47-27-19-13-20-28-47)55-39-53(45-23-15-11-16-24-45)59(37-43(55)3)65(5,6)7)51-33-31-50-42(2)36-58(52-34-32-49(41)61(51)62(50)52)64(48-29-21-14-22-30-48)56-40-54(46-25-17-12-18-26-46)60(38-44(56)4)66(8,9)10/h11-40H,1-10H3. The molecular weight excluding hydrogens is 833 g/mol. The van der Waals surface area contributed by atoms with Crippen LogP contribution in [0.4, 0.5) is 34.1 Å². The van der Waals surface area contributed by atoms with Crippen molar-refractivity contribution in [2.24, 2.45) is 0 Å². The maximum Gasteiger partial charge on any atom is 0.0784 e. The van der Waals surface area contributed by atoms with E-state index in [1.54, 1.807) is 0 Å². The van der Waals surface area contributed by atoms with Crippen molar-refractivity contribution < 1.29 is 0 Å². The Morgan fingerprint density at radius 1 is 0.364 bits per heavy atom. The van der Waals surface area contributed by atoms with Gasteiger partial charge in [0.1, 0.15) is 0 Å². The fraction of sp³-hybridized carbons (Fsp3) is 0.161. The molecule has 0 aliphatic heterocycles. The predicted octanol–water partition coefficient (Wildman–Crippen LogP) is 17.7. The predicted molar refractivity (Wildman–Crippen MR) is 296 cm³/mol. The molecule has 0 fully saturated rings. The van der Waals surface area contributed by atoms with Gasteiger partial charge < -0.3 is 9.80 Å². The van der Waals surface area contributed by atoms with Crippen LogP contribution in [0.15, 0.2) is 187 Å². The zero-order chi connectivity index (χ0) is 46.1. The van der Waals surface area contributed by atoms with Crippen molar-refractivity contribution in [2.45, 2.75) is 52.2 Å². The molecule has 0 spiro atoms. The van der Waals surface area contributed by atoms with Gasteiger partial charge in [0.15, 0.2) is 0 Å². The number of hydrogen-bond donors (Lipinski definition) is 0. The molecule has 10 rings (SSSR count). The summed E-state index contributed by atoms with van der Waals surface area (Å²) in [6.07, 6.45) is 7.23. The third-order valence-electron chi connectivity index (χ3n) is 13.5. The molecule has 0 heterocycles. The van der Waals surface area contributed by atoms with E-state index in [0.29, 0.717) is 0 Å². The average Bonchev–Trinajstić information content (AvgIpc) is 3.31. The van der Waals surface area contributed by atoms with Gasteiger partial charge in [0.05, 0.1) is 19.4 Å². The summed E-state index contributed by atoms with van der Waals surface area (Å²) in [5, 5.41) is 9.18. The normalized spacial score (nSPS) is 12.3. The summed E-state index contributed by atoms with van der Waals surface area (Å²) >= 11 is 0. The number of aryl methyl sites for hydroxylation is 4. The van der Waals surface area contributed by atoms with Crippen LogP contribution < -0.4 is 15.0 Å². The summed E-state index contributed by atoms with van der Waals surface area (Å²) < 4.78 is 0. The minimum Gasteiger partial charge on any atom is -0.310 e. The molecule has 0 aromatic heterocycles. The third-order valence-corrected chi connectivity index (χ3v) is 17.2. The summed E-state index contributed by atoms with van der Waals surface area (Å²) in [6, 6.07) is 68.3. The Balaban J connectivity index is 1.27. The van der Waals surface area contributed by atoms with Crippen molar-refractivity contribution in [3.63, 3.8) is 0 Å². The smallest absolute Gasteiger partial charge is 0.0784 e. The highest BCUT2D eigenvalue weighted by Crippen LogP contribution is 2.54. The average molecular weight is 893 g/mol. The van der Waals surface area contributed by atoms with Gasteiger partial charge >= 0.3 is 0 Å². The Kier molecular flexibility index (Phi) is 10.9. The minimum absolute atomic E-state index is 1.06. The van der Waals surface area contributed by atoms with Crippen molar-refractivity contribution in [1.29, 1.82) is 0 Å². The molecule has 4 heteroatoms. The monoisotopic (exact) mass is 892 g/mol. The molecule has 0 bridgehead atoms. The van der Waals surface area contributed by atoms with E-state index in [2.05, 4.69) is 258 Å². The Morgan fingerprint density at radius 2 is 0.742 bits per heavy atom. The van der Waals surface area contributed by atoms with Crippen molar-refractivity contribution in [1.82, 2.24) is 0 Å². The molecule has 2 nitrogen and oxygen atoms in total. The Bertz CT molecular complexity index is 3170. The van der Waals surface area contributed by atoms with Crippen LogP contribution >= 0.6 is 10.0 Å². The Hall–Kier alpha value is -6.59. The van der Waals surface area contributed by atoms with Crippen LogP contribution in [0.1, 0.15) is 22.3 Å². The van der Waals surface area contributed by atoms with Gasteiger partial charge in [0.25, 0.3) is 0 Å². The highest BCUT2D eigenvalue weighted by molar-refractivity contribution is 8.32. The molecular formula is C62H60N2SSi. The number of anilines is 6. The molecule has 328 valence electrons. The first-order chi connectivity index (χ1) is 31.7. The molecule has 0 amide bonds. The lowest BCUT2D eigenvalue weighted by molar-refractivity contribution is 1.23. The molecule has 0 unspecified atom stereocenters. The zero-order valence-corrected chi connectivity index (χ0v) is 41.9. The van der Waals surface area contributed by atoms with E-state index in [-0.39, 0.29) is 0 Å². The van der Waals surface area contributed by atoms with Gasteiger partial charge in [-0.2, -0.15) is 0 Å². The summed E-state index contributed by atoms with van der Waals surface area (Å²) in [6.45, 7) is 16.6. The number of hydrogen-bond acceptors (Lipinski definition) is 2. The van der Waals surface area contributed by atoms with Gasteiger partial charge in [-0.05, 0) is 172 Å². The Morgan fingerprint density at radius 3 is 1.17 bits per heavy atom. The molecule has 0 aliphatic carbocycles. The second-order valence-corrected chi connectivity index (χ2v) is 29.1. The number of nitrogens with zero attached hydrogens (tertiary/aromatic N) is 2. The van der Waals surface area contributed by atoms with Crippen LogP contribution in [0.25, 0.3) is 54.6 Å². The first-order valence-electron chi connectivity index (χ1n) is 23.2. The van der Waals surface area contributed by atoms with Gasteiger partial charge in [-0.25, -0.2) is 10.0 Å². The van der Waals surface area contributed by atoms with Crippen molar-refractivity contribution >= 4 is 89.7 Å². The lowest BCUT2D eigenvalue weighted by atomic mass is 9.88. The van der Waals surface area contributed by atoms with E-state index < -0.39 is 18.1 Å². The molecule has 10 aromatic rings. The summed E-state index contributed by atoms with van der Waals surface area (Å²) in [5.74, 6) is 0. The van der Waals surface area contributed by atoms with Gasteiger partial charge in [0.2, 0.25) is 0 Å². The van der Waals surface area contributed by atoms with Crippen molar-refractivity contribution in [3.05, 3.63) is 204 Å². The van der Waals surface area contributed by atoms with E-state index in [1.807, 2.05) is 0 Å². The molecule has 0 aliphatic rings. The van der Waals surface area contributed by atoms with Crippen LogP contribution in [0.3, 0.4) is 0 Å². The molecule has 0 saturated heterocycles. The van der Waals surface area contributed by atoms with Crippen LogP contribution in [0.5, 0.6) is 0 Å². The maximum absolute atomic E-state index is 2.53. The van der Waals surface area contributed by atoms with Crippen LogP contribution in [-0.4, -0.2) is 26.8 Å². The maximum atomic E-state index is 2.53. The van der Waals surface area contributed by atoms with Crippen molar-refractivity contribution in [2.75, 3.05) is 28.6 Å². The lowest BCUT2D eigenvalue weighted by Crippen LogP contribution is -2.39. The fourth-order valence-electron chi connectivity index (χ4n) is 10.3. The third kappa shape index (κ3) is 7.56. The molecule has 10 aromatic carbocycles. The van der Waals surface area contributed by atoms with Gasteiger partial charge in [-0.3, -0.25) is 0 Å². The zero-order valence-electron chi connectivity index (χ0n) is 40.1. The summed E-state index contributed by atoms with van der Waals surface area (Å²) in [5.41, 5.74) is 17.3. The van der Waals surface area contributed by atoms with Gasteiger partial charge in [-0.15, -0.1) is 0 Å². The SMILES string of the molecule is Cc1cc([Si](C)(C)C)c(-c2ccccc2)cc1N(c1ccccc1)c1cc(C)c2ccc3c(N(c4ccccc4)c4cc(-c5ccccc5)c(S(C)(C)C)cc4C)cc(C)c4ccc1c2c43. The molecule has 0 N–H and O–H groups in total. The van der Waals surface area contributed by atoms with Crippen molar-refractivity contribution in [3.8, 4) is 22.3 Å². The second kappa shape index (κ2) is 16.7. The highest BCUT2D eigenvalue weighted by atomic mass is 32.3. The number of para-hydroxylation sites is 2. The van der Waals surface area contributed by atoms with Crippen LogP contribution in [0, 0.1) is 27.7 Å². The highest BCUT2D eigenvalue weighted by Gasteiger charge is 2.28. The van der Waals surface area contributed by atoms with Crippen LogP contribution in [0.2, 0.25) is 19.6 Å². The van der Waals surface area contributed by atoms with Crippen LogP contribution in [-0.2, 0) is 0 Å². The largest absolute Gasteiger partial charge is 0.310 e. The van der Waals surface area contributed by atoms with E-state index in [0.717, 1.165) is 11.4 Å². The van der Waals surface area contributed by atoms with Gasteiger partial charge in [-0.1, -0.05) is 152 Å². The molecule has 0 radical (unpaired) electrons. The summed E-state index contributed by atoms with van der Waals surface area (Å²) in [4.78, 5) is 6.49. The molecule has 0 saturated carbocycles. The fourth-order valence-corrected chi connectivity index (χ4v) is 13.4. The topological polar surface area (TPSA) is 6.48 Å². The number of rotatable bonds is 10. The lowest BCUT2D eigenvalue weighted by Gasteiger charge is -2.34. The quantitative estimate of drug-likeness (QED) is 0.0997. The molecule has 66 heavy (non-hydrogen) atoms. The molecule has 0 atom stereocenters. The second-order valence-electron chi connectivity index (χ2n) is 20.0. The van der Waals surface area contributed by atoms with E-state index in [9.17, 15) is 0 Å². The first kappa shape index (κ1) is 43.3.